The molecule has 0 unspecified atom stereocenters. The van der Waals surface area contributed by atoms with Crippen molar-refractivity contribution in [1.82, 2.24) is 24.8 Å². The molecule has 0 saturated carbocycles. The largest absolute Gasteiger partial charge is 0.519 e. The molecule has 8 heterocycles. The van der Waals surface area contributed by atoms with Crippen LogP contribution in [-0.4, -0.2) is 80.8 Å². The summed E-state index contributed by atoms with van der Waals surface area (Å²) in [5, 5.41) is 1.42. The third-order valence-corrected chi connectivity index (χ3v) is 14.0. The number of halogens is 3. The number of hydrogen-bond donors (Lipinski definition) is 1. The van der Waals surface area contributed by atoms with Crippen LogP contribution < -0.4 is 21.2 Å². The van der Waals surface area contributed by atoms with Gasteiger partial charge in [-0.2, -0.15) is 9.97 Å². The number of alkyl halides is 1. The maximum Gasteiger partial charge on any atom is 0.519 e. The van der Waals surface area contributed by atoms with E-state index in [2.05, 4.69) is 27.5 Å². The lowest BCUT2D eigenvalue weighted by molar-refractivity contribution is 0.106. The first kappa shape index (κ1) is 39.0. The number of nitrogens with zero attached hydrogens (tertiary/aromatic N) is 6. The minimum Gasteiger partial charge on any atom is -0.461 e. The Balaban J connectivity index is 1.08. The van der Waals surface area contributed by atoms with Crippen LogP contribution in [0.4, 0.5) is 24.7 Å². The van der Waals surface area contributed by atoms with E-state index in [9.17, 15) is 9.18 Å². The van der Waals surface area contributed by atoms with Crippen LogP contribution in [0.25, 0.3) is 32.9 Å². The van der Waals surface area contributed by atoms with Gasteiger partial charge in [-0.25, -0.2) is 22.9 Å². The number of ether oxygens (including phenoxy) is 1. The highest BCUT2D eigenvalue weighted by Gasteiger charge is 2.50. The second-order valence-electron chi connectivity index (χ2n) is 17.6. The maximum absolute atomic E-state index is 17.6. The number of terminal acetylenes is 1. The minimum absolute atomic E-state index is 0.00212. The van der Waals surface area contributed by atoms with Gasteiger partial charge in [-0.1, -0.05) is 38.2 Å². The molecule has 2 N–H and O–H groups in total. The second kappa shape index (κ2) is 15.4. The van der Waals surface area contributed by atoms with E-state index in [1.54, 1.807) is 18.2 Å². The van der Waals surface area contributed by atoms with Crippen molar-refractivity contribution in [2.45, 2.75) is 127 Å². The molecule has 5 aliphatic heterocycles. The molecule has 2 bridgehead atoms. The van der Waals surface area contributed by atoms with Gasteiger partial charge in [0.15, 0.2) is 17.3 Å². The van der Waals surface area contributed by atoms with Crippen molar-refractivity contribution in [3.63, 3.8) is 0 Å². The number of hydrogen-bond acceptors (Lipinski definition) is 11. The third kappa shape index (κ3) is 6.59. The first-order chi connectivity index (χ1) is 29.1. The lowest BCUT2D eigenvalue weighted by atomic mass is 9.92. The van der Waals surface area contributed by atoms with E-state index >= 15 is 8.78 Å². The first-order valence-electron chi connectivity index (χ1n) is 21.7. The van der Waals surface area contributed by atoms with E-state index in [0.717, 1.165) is 70.8 Å². The van der Waals surface area contributed by atoms with E-state index in [-0.39, 0.29) is 53.1 Å². The predicted molar refractivity (Wildman–Crippen MR) is 223 cm³/mol. The fourth-order valence-corrected chi connectivity index (χ4v) is 11.3. The number of aromatic nitrogens is 3. The van der Waals surface area contributed by atoms with E-state index in [4.69, 9.17) is 40.7 Å². The molecule has 0 aliphatic carbocycles. The smallest absolute Gasteiger partial charge is 0.461 e. The van der Waals surface area contributed by atoms with Gasteiger partial charge in [0.05, 0.1) is 28.7 Å². The van der Waals surface area contributed by atoms with Crippen LogP contribution in [0.15, 0.2) is 37.9 Å². The molecule has 4 saturated heterocycles. The highest BCUT2D eigenvalue weighted by molar-refractivity contribution is 6.04. The summed E-state index contributed by atoms with van der Waals surface area (Å²) in [6.45, 7) is 4.57. The summed E-state index contributed by atoms with van der Waals surface area (Å²) in [6.07, 6.45) is 15.8. The molecule has 4 fully saturated rings. The number of unbranched alkanes of at least 4 members (excludes halogenated alkanes) is 3. The Labute approximate surface area is 346 Å². The number of pyridine rings is 1. The molecule has 2 aromatic carbocycles. The van der Waals surface area contributed by atoms with Gasteiger partial charge < -0.3 is 24.2 Å². The van der Waals surface area contributed by atoms with Crippen molar-refractivity contribution < 1.29 is 26.7 Å². The summed E-state index contributed by atoms with van der Waals surface area (Å²) < 4.78 is 65.4. The predicted octanol–water partition coefficient (Wildman–Crippen LogP) is 7.87. The van der Waals surface area contributed by atoms with Crippen LogP contribution in [0.5, 0.6) is 6.01 Å². The second-order valence-corrected chi connectivity index (χ2v) is 17.6. The zero-order chi connectivity index (χ0) is 41.3. The number of fused-ring (bicyclic) bond motifs is 7. The van der Waals surface area contributed by atoms with E-state index in [1.807, 2.05) is 0 Å². The standard InChI is InChI=1S/C46H50F3N7O4/c1-3-5-6-7-12-36-37(60-45(57)59-36)24-55-29-14-16-35(55)34-11-8-10-33-39-42(40(49)41(51-33)31-20-28(50)19-26-13-15-32(48)30(4-2)38(26)31)52-44(53-43(39)56(34)23-29)58-25-46-17-9-18-54(46)22-27(47)21-46/h2,13,15,19-20,27,29,34-35H,3,5-12,14,16-18,21-25,50H2,1H3/t27-,29-,34-,35+,46+/m1/s1. The van der Waals surface area contributed by atoms with Gasteiger partial charge in [-0.15, -0.1) is 6.42 Å². The third-order valence-electron chi connectivity index (χ3n) is 14.0. The highest BCUT2D eigenvalue weighted by Crippen LogP contribution is 2.46. The van der Waals surface area contributed by atoms with Gasteiger partial charge in [0.1, 0.15) is 35.6 Å². The van der Waals surface area contributed by atoms with Crippen LogP contribution >= 0.6 is 0 Å². The van der Waals surface area contributed by atoms with Crippen molar-refractivity contribution >= 4 is 33.2 Å². The highest BCUT2D eigenvalue weighted by atomic mass is 19.1. The number of aryl methyl sites for hydroxylation is 2. The molecular weight excluding hydrogens is 772 g/mol. The van der Waals surface area contributed by atoms with E-state index < -0.39 is 29.2 Å². The summed E-state index contributed by atoms with van der Waals surface area (Å²) >= 11 is 0. The fraction of sp³-hybridized carbons (Fsp3) is 0.522. The molecular formula is C46H50F3N7O4. The Morgan fingerprint density at radius 2 is 1.88 bits per heavy atom. The molecule has 5 aliphatic rings. The summed E-state index contributed by atoms with van der Waals surface area (Å²) in [6, 6.07) is 6.34. The Kier molecular flexibility index (Phi) is 10.0. The normalized spacial score (nSPS) is 25.1. The molecule has 11 nitrogen and oxygen atoms in total. The Morgan fingerprint density at radius 1 is 1.02 bits per heavy atom. The van der Waals surface area contributed by atoms with Crippen molar-refractivity contribution in [1.29, 1.82) is 0 Å². The first-order valence-corrected chi connectivity index (χ1v) is 21.7. The SMILES string of the molecule is C#Cc1c(F)ccc2cc(N)cc(-c3nc4c5c(nc(OC[C@@]67CCCN6C[C@H](F)C7)nc5c3F)N3C[C@H]5CC[C@@H]([C@H]3CCC4)N5Cc3oc(=O)oc3CCCCCC)c12. The number of rotatable bonds is 11. The Bertz CT molecular complexity index is 2590. The molecule has 60 heavy (non-hydrogen) atoms. The summed E-state index contributed by atoms with van der Waals surface area (Å²) in [7, 11) is 0. The zero-order valence-electron chi connectivity index (χ0n) is 34.0. The van der Waals surface area contributed by atoms with Gasteiger partial charge in [-0.05, 0) is 81.5 Å². The van der Waals surface area contributed by atoms with Crippen molar-refractivity contribution in [3.05, 3.63) is 69.3 Å². The van der Waals surface area contributed by atoms with Crippen LogP contribution in [0.3, 0.4) is 0 Å². The van der Waals surface area contributed by atoms with E-state index in [1.165, 1.54) is 6.07 Å². The molecule has 0 spiro atoms. The summed E-state index contributed by atoms with van der Waals surface area (Å²) in [5.74, 6) is 2.27. The monoisotopic (exact) mass is 821 g/mol. The van der Waals surface area contributed by atoms with Crippen LogP contribution in [0.1, 0.15) is 100 Å². The lowest BCUT2D eigenvalue weighted by Gasteiger charge is -2.48. The fourth-order valence-electron chi connectivity index (χ4n) is 11.3. The van der Waals surface area contributed by atoms with Gasteiger partial charge in [0.25, 0.3) is 0 Å². The summed E-state index contributed by atoms with van der Waals surface area (Å²) in [4.78, 5) is 34.2. The Hall–Kier alpha value is -5.13. The molecule has 5 aromatic rings. The molecule has 0 radical (unpaired) electrons. The van der Waals surface area contributed by atoms with Gasteiger partial charge in [0, 0.05) is 60.7 Å². The van der Waals surface area contributed by atoms with Gasteiger partial charge >= 0.3 is 11.8 Å². The number of benzene rings is 2. The molecule has 0 amide bonds. The minimum atomic E-state index is -0.945. The molecule has 3 aromatic heterocycles. The number of nitrogen functional groups attached to an aromatic ring is 1. The zero-order valence-corrected chi connectivity index (χ0v) is 34.0. The lowest BCUT2D eigenvalue weighted by Crippen LogP contribution is -2.60. The van der Waals surface area contributed by atoms with Crippen molar-refractivity contribution in [3.8, 4) is 29.6 Å². The number of anilines is 2. The number of nitrogens with two attached hydrogens (primary N) is 1. The quantitative estimate of drug-likeness (QED) is 0.0795. The average molecular weight is 822 g/mol. The van der Waals surface area contributed by atoms with Crippen LogP contribution in [-0.2, 0) is 19.4 Å². The summed E-state index contributed by atoms with van der Waals surface area (Å²) in [5.41, 5.74) is 7.16. The van der Waals surface area contributed by atoms with E-state index in [0.29, 0.717) is 83.8 Å². The average Bonchev–Trinajstić information content (AvgIpc) is 3.95. The van der Waals surface area contributed by atoms with Crippen molar-refractivity contribution in [2.24, 2.45) is 0 Å². The molecule has 5 atom stereocenters. The molecule has 14 heteroatoms. The van der Waals surface area contributed by atoms with Gasteiger partial charge in [0.2, 0.25) is 0 Å². The molecule has 10 rings (SSSR count). The number of piperazine rings is 1. The Morgan fingerprint density at radius 3 is 2.73 bits per heavy atom. The topological polar surface area (TPSA) is 127 Å². The van der Waals surface area contributed by atoms with Crippen LogP contribution in [0.2, 0.25) is 0 Å². The van der Waals surface area contributed by atoms with Crippen molar-refractivity contribution in [2.75, 3.05) is 36.9 Å². The maximum atomic E-state index is 17.6. The molecule has 314 valence electrons. The van der Waals surface area contributed by atoms with Crippen LogP contribution in [0, 0.1) is 24.0 Å². The van der Waals surface area contributed by atoms with Gasteiger partial charge in [-0.3, -0.25) is 9.80 Å².